The zero-order valence-corrected chi connectivity index (χ0v) is 14.4. The predicted octanol–water partition coefficient (Wildman–Crippen LogP) is 2.49. The lowest BCUT2D eigenvalue weighted by molar-refractivity contribution is -0.136. The molecule has 0 aliphatic carbocycles. The Bertz CT molecular complexity index is 538. The Morgan fingerprint density at radius 1 is 1.26 bits per heavy atom. The van der Waals surface area contributed by atoms with Crippen molar-refractivity contribution in [1.29, 1.82) is 0 Å². The first-order chi connectivity index (χ1) is 11.2. The highest BCUT2D eigenvalue weighted by molar-refractivity contribution is 8.00. The van der Waals surface area contributed by atoms with Gasteiger partial charge in [0.25, 0.3) is 5.91 Å². The first kappa shape index (κ1) is 16.4. The number of hydrogen-bond donors (Lipinski definition) is 0. The molecule has 126 valence electrons. The number of nitrogens with zero attached hydrogens (tertiary/aromatic N) is 2. The second-order valence-corrected chi connectivity index (χ2v) is 7.67. The third kappa shape index (κ3) is 3.74. The van der Waals surface area contributed by atoms with Gasteiger partial charge in [0, 0.05) is 43.1 Å². The van der Waals surface area contributed by atoms with Gasteiger partial charge in [0.2, 0.25) is 5.91 Å². The van der Waals surface area contributed by atoms with Crippen molar-refractivity contribution in [3.8, 4) is 0 Å². The Morgan fingerprint density at radius 3 is 2.70 bits per heavy atom. The minimum Gasteiger partial charge on any atom is -0.472 e. The molecule has 1 atom stereocenters. The molecule has 0 spiro atoms. The third-order valence-corrected chi connectivity index (χ3v) is 6.18. The van der Waals surface area contributed by atoms with E-state index in [9.17, 15) is 9.59 Å². The largest absolute Gasteiger partial charge is 0.472 e. The number of hydrogen-bond acceptors (Lipinski definition) is 4. The minimum atomic E-state index is 0.00469. The van der Waals surface area contributed by atoms with Gasteiger partial charge in [-0.05, 0) is 25.3 Å². The molecule has 2 saturated heterocycles. The van der Waals surface area contributed by atoms with Crippen LogP contribution in [0.15, 0.2) is 23.0 Å². The van der Waals surface area contributed by atoms with Crippen molar-refractivity contribution in [2.24, 2.45) is 5.92 Å². The lowest BCUT2D eigenvalue weighted by atomic mass is 9.94. The van der Waals surface area contributed by atoms with E-state index < -0.39 is 0 Å². The molecule has 1 aromatic heterocycles. The molecule has 2 fully saturated rings. The zero-order chi connectivity index (χ0) is 16.2. The molecule has 0 bridgehead atoms. The van der Waals surface area contributed by atoms with Gasteiger partial charge in [0.05, 0.1) is 11.8 Å². The topological polar surface area (TPSA) is 53.8 Å². The van der Waals surface area contributed by atoms with E-state index in [1.54, 1.807) is 6.07 Å². The monoisotopic (exact) mass is 336 g/mol. The maximum absolute atomic E-state index is 12.7. The fourth-order valence-corrected chi connectivity index (χ4v) is 4.50. The van der Waals surface area contributed by atoms with Crippen LogP contribution in [0.5, 0.6) is 0 Å². The number of thioether (sulfide) groups is 1. The van der Waals surface area contributed by atoms with Crippen molar-refractivity contribution >= 4 is 23.6 Å². The lowest BCUT2D eigenvalue weighted by Gasteiger charge is -2.37. The van der Waals surface area contributed by atoms with Gasteiger partial charge in [-0.3, -0.25) is 9.59 Å². The Hall–Kier alpha value is -1.43. The number of likely N-dealkylation sites (tertiary alicyclic amines) is 1. The molecule has 1 unspecified atom stereocenters. The van der Waals surface area contributed by atoms with Gasteiger partial charge in [-0.25, -0.2) is 0 Å². The molecule has 5 nitrogen and oxygen atoms in total. The minimum absolute atomic E-state index is 0.00469. The van der Waals surface area contributed by atoms with Crippen LogP contribution in [0.1, 0.15) is 36.5 Å². The summed E-state index contributed by atoms with van der Waals surface area (Å²) in [6.07, 6.45) is 5.65. The number of furan rings is 1. The second-order valence-electron chi connectivity index (χ2n) is 6.26. The van der Waals surface area contributed by atoms with E-state index in [2.05, 4.69) is 6.92 Å². The van der Waals surface area contributed by atoms with Crippen molar-refractivity contribution in [1.82, 2.24) is 9.80 Å². The van der Waals surface area contributed by atoms with Gasteiger partial charge < -0.3 is 14.2 Å². The van der Waals surface area contributed by atoms with Gasteiger partial charge >= 0.3 is 0 Å². The molecule has 0 saturated carbocycles. The molecular formula is C17H24N2O3S. The van der Waals surface area contributed by atoms with Crippen molar-refractivity contribution in [3.63, 3.8) is 0 Å². The van der Waals surface area contributed by atoms with Crippen LogP contribution in [0.4, 0.5) is 0 Å². The summed E-state index contributed by atoms with van der Waals surface area (Å²) in [7, 11) is 0. The summed E-state index contributed by atoms with van der Waals surface area (Å²) in [5.41, 5.74) is 0.591. The average molecular weight is 336 g/mol. The lowest BCUT2D eigenvalue weighted by Crippen LogP contribution is -2.48. The fourth-order valence-electron chi connectivity index (χ4n) is 3.32. The first-order valence-corrected chi connectivity index (χ1v) is 9.45. The van der Waals surface area contributed by atoms with Gasteiger partial charge in [-0.2, -0.15) is 11.8 Å². The Kier molecular flexibility index (Phi) is 5.30. The van der Waals surface area contributed by atoms with Gasteiger partial charge in [-0.1, -0.05) is 6.92 Å². The summed E-state index contributed by atoms with van der Waals surface area (Å²) in [6, 6.07) is 1.69. The van der Waals surface area contributed by atoms with Crippen LogP contribution in [0.3, 0.4) is 0 Å². The summed E-state index contributed by atoms with van der Waals surface area (Å²) in [4.78, 5) is 28.9. The fraction of sp³-hybridized carbons (Fsp3) is 0.647. The van der Waals surface area contributed by atoms with E-state index in [0.717, 1.165) is 38.1 Å². The standard InChI is InChI=1S/C17H24N2O3S/c1-2-15-11-19(8-10-23-15)16(20)13-3-6-18(7-4-13)17(21)14-5-9-22-12-14/h5,9,12-13,15H,2-4,6-8,10-11H2,1H3. The molecule has 2 aliphatic rings. The Balaban J connectivity index is 1.52. The summed E-state index contributed by atoms with van der Waals surface area (Å²) >= 11 is 1.98. The smallest absolute Gasteiger partial charge is 0.257 e. The molecule has 6 heteroatoms. The van der Waals surface area contributed by atoms with Crippen LogP contribution in [-0.4, -0.2) is 58.8 Å². The molecule has 3 heterocycles. The number of rotatable bonds is 3. The van der Waals surface area contributed by atoms with Crippen LogP contribution in [0, 0.1) is 5.92 Å². The van der Waals surface area contributed by atoms with Gasteiger partial charge in [0.1, 0.15) is 6.26 Å². The number of carbonyl (C=O) groups excluding carboxylic acids is 2. The number of carbonyl (C=O) groups is 2. The SMILES string of the molecule is CCC1CN(C(=O)C2CCN(C(=O)c3ccoc3)CC2)CCS1. The molecule has 2 aliphatic heterocycles. The third-order valence-electron chi connectivity index (χ3n) is 4.81. The van der Waals surface area contributed by atoms with Crippen molar-refractivity contribution in [2.45, 2.75) is 31.4 Å². The van der Waals surface area contributed by atoms with Gasteiger partial charge in [0.15, 0.2) is 0 Å². The number of piperidine rings is 1. The highest BCUT2D eigenvalue weighted by Crippen LogP contribution is 2.26. The maximum Gasteiger partial charge on any atom is 0.257 e. The van der Waals surface area contributed by atoms with E-state index in [4.69, 9.17) is 4.42 Å². The molecule has 23 heavy (non-hydrogen) atoms. The Morgan fingerprint density at radius 2 is 2.04 bits per heavy atom. The van der Waals surface area contributed by atoms with E-state index in [1.807, 2.05) is 21.6 Å². The number of amides is 2. The first-order valence-electron chi connectivity index (χ1n) is 8.41. The molecule has 0 aromatic carbocycles. The van der Waals surface area contributed by atoms with E-state index in [-0.39, 0.29) is 11.8 Å². The zero-order valence-electron chi connectivity index (χ0n) is 13.6. The molecule has 1 aromatic rings. The summed E-state index contributed by atoms with van der Waals surface area (Å²) in [6.45, 7) is 5.24. The molecular weight excluding hydrogens is 312 g/mol. The summed E-state index contributed by atoms with van der Waals surface area (Å²) in [5, 5.41) is 0.579. The van der Waals surface area contributed by atoms with Crippen LogP contribution < -0.4 is 0 Å². The van der Waals surface area contributed by atoms with Gasteiger partial charge in [-0.15, -0.1) is 0 Å². The average Bonchev–Trinajstić information content (AvgIpc) is 3.15. The Labute approximate surface area is 141 Å². The van der Waals surface area contributed by atoms with Crippen LogP contribution in [0.2, 0.25) is 0 Å². The van der Waals surface area contributed by atoms with E-state index in [1.165, 1.54) is 12.5 Å². The van der Waals surface area contributed by atoms with Crippen molar-refractivity contribution in [3.05, 3.63) is 24.2 Å². The highest BCUT2D eigenvalue weighted by atomic mass is 32.2. The molecule has 3 rings (SSSR count). The van der Waals surface area contributed by atoms with Crippen LogP contribution in [0.25, 0.3) is 0 Å². The predicted molar refractivity (Wildman–Crippen MR) is 90.5 cm³/mol. The second kappa shape index (κ2) is 7.43. The van der Waals surface area contributed by atoms with Crippen molar-refractivity contribution < 1.29 is 14.0 Å². The summed E-state index contributed by atoms with van der Waals surface area (Å²) in [5.74, 6) is 1.41. The molecule has 2 amide bonds. The molecule has 0 N–H and O–H groups in total. The quantitative estimate of drug-likeness (QED) is 0.851. The van der Waals surface area contributed by atoms with E-state index >= 15 is 0 Å². The van der Waals surface area contributed by atoms with Crippen LogP contribution in [-0.2, 0) is 4.79 Å². The van der Waals surface area contributed by atoms with E-state index in [0.29, 0.717) is 29.8 Å². The normalized spacial score (nSPS) is 23.1. The molecule has 0 radical (unpaired) electrons. The van der Waals surface area contributed by atoms with Crippen LogP contribution >= 0.6 is 11.8 Å². The maximum atomic E-state index is 12.7. The van der Waals surface area contributed by atoms with Crippen molar-refractivity contribution in [2.75, 3.05) is 31.9 Å². The summed E-state index contributed by atoms with van der Waals surface area (Å²) < 4.78 is 4.98. The highest BCUT2D eigenvalue weighted by Gasteiger charge is 2.32.